The van der Waals surface area contributed by atoms with E-state index in [9.17, 15) is 14.4 Å². The first-order valence-corrected chi connectivity index (χ1v) is 9.26. The minimum absolute atomic E-state index is 0.0868. The van der Waals surface area contributed by atoms with Gasteiger partial charge >= 0.3 is 19.1 Å². The first kappa shape index (κ1) is 22.7. The number of carboxylic acids is 2. The SMILES string of the molecule is CCOc1cc(B2OC(C)(C)C(C)(C)O2)ccc1C(=O)N[C@@H](CC(=O)O)C(=O)O. The molecule has 0 spiro atoms. The number of hydrogen-bond acceptors (Lipinski definition) is 6. The van der Waals surface area contributed by atoms with Crippen LogP contribution in [0.1, 0.15) is 51.4 Å². The van der Waals surface area contributed by atoms with Crippen molar-refractivity contribution in [1.29, 1.82) is 0 Å². The van der Waals surface area contributed by atoms with E-state index < -0.39 is 48.6 Å². The smallest absolute Gasteiger partial charge is 0.493 e. The largest absolute Gasteiger partial charge is 0.494 e. The summed E-state index contributed by atoms with van der Waals surface area (Å²) in [6.07, 6.45) is -0.739. The average Bonchev–Trinajstić information content (AvgIpc) is 2.81. The van der Waals surface area contributed by atoms with Crippen LogP contribution in [-0.4, -0.2) is 59.0 Å². The topological polar surface area (TPSA) is 131 Å². The zero-order chi connectivity index (χ0) is 22.0. The summed E-state index contributed by atoms with van der Waals surface area (Å²) in [5.41, 5.74) is -0.344. The predicted molar refractivity (Wildman–Crippen MR) is 104 cm³/mol. The van der Waals surface area contributed by atoms with Crippen molar-refractivity contribution in [3.63, 3.8) is 0 Å². The molecule has 1 fully saturated rings. The fourth-order valence-electron chi connectivity index (χ4n) is 2.74. The van der Waals surface area contributed by atoms with Gasteiger partial charge in [0.15, 0.2) is 0 Å². The van der Waals surface area contributed by atoms with Gasteiger partial charge in [-0.1, -0.05) is 6.07 Å². The Morgan fingerprint density at radius 3 is 2.21 bits per heavy atom. The number of carbonyl (C=O) groups excluding carboxylic acids is 1. The molecule has 1 aliphatic heterocycles. The van der Waals surface area contributed by atoms with E-state index >= 15 is 0 Å². The fourth-order valence-corrected chi connectivity index (χ4v) is 2.74. The lowest BCUT2D eigenvalue weighted by Crippen LogP contribution is -2.42. The third kappa shape index (κ3) is 5.07. The molecule has 1 atom stereocenters. The number of carbonyl (C=O) groups is 3. The van der Waals surface area contributed by atoms with Gasteiger partial charge in [-0.2, -0.15) is 0 Å². The summed E-state index contributed by atoms with van der Waals surface area (Å²) >= 11 is 0. The first-order valence-electron chi connectivity index (χ1n) is 9.26. The van der Waals surface area contributed by atoms with Crippen LogP contribution in [0.5, 0.6) is 5.75 Å². The third-order valence-electron chi connectivity index (χ3n) is 5.06. The van der Waals surface area contributed by atoms with Gasteiger partial charge in [0.05, 0.1) is 29.8 Å². The minimum atomic E-state index is -1.56. The second-order valence-corrected chi connectivity index (χ2v) is 7.74. The number of rotatable bonds is 8. The van der Waals surface area contributed by atoms with Crippen LogP contribution in [0.4, 0.5) is 0 Å². The molecule has 1 saturated heterocycles. The summed E-state index contributed by atoms with van der Waals surface area (Å²) in [6.45, 7) is 9.71. The summed E-state index contributed by atoms with van der Waals surface area (Å²) in [7, 11) is -0.657. The highest BCUT2D eigenvalue weighted by molar-refractivity contribution is 6.62. The normalized spacial score (nSPS) is 18.2. The van der Waals surface area contributed by atoms with Crippen molar-refractivity contribution in [3.05, 3.63) is 23.8 Å². The van der Waals surface area contributed by atoms with Crippen molar-refractivity contribution in [2.75, 3.05) is 6.61 Å². The molecule has 1 aromatic carbocycles. The van der Waals surface area contributed by atoms with E-state index in [-0.39, 0.29) is 17.9 Å². The molecule has 1 aliphatic rings. The number of benzene rings is 1. The molecule has 158 valence electrons. The standard InChI is InChI=1S/C19H26BNO8/c1-6-27-14-9-11(20-28-18(2,3)19(4,5)29-20)7-8-12(14)16(24)21-13(17(25)26)10-15(22)23/h7-9,13H,6,10H2,1-5H3,(H,21,24)(H,22,23)(H,25,26)/t13-/m0/s1. The van der Waals surface area contributed by atoms with Crippen LogP contribution in [0.25, 0.3) is 0 Å². The maximum Gasteiger partial charge on any atom is 0.494 e. The maximum atomic E-state index is 12.6. The summed E-state index contributed by atoms with van der Waals surface area (Å²) in [5.74, 6) is -3.30. The molecule has 0 bridgehead atoms. The Labute approximate surface area is 169 Å². The van der Waals surface area contributed by atoms with Gasteiger partial charge in [-0.3, -0.25) is 9.59 Å². The van der Waals surface area contributed by atoms with Crippen molar-refractivity contribution in [2.45, 2.75) is 58.3 Å². The Kier molecular flexibility index (Phi) is 6.59. The molecule has 0 saturated carbocycles. The van der Waals surface area contributed by atoms with Crippen molar-refractivity contribution in [2.24, 2.45) is 0 Å². The molecule has 2 rings (SSSR count). The molecule has 0 aliphatic carbocycles. The summed E-state index contributed by atoms with van der Waals surface area (Å²) < 4.78 is 17.6. The van der Waals surface area contributed by atoms with E-state index in [1.807, 2.05) is 27.7 Å². The quantitative estimate of drug-likeness (QED) is 0.545. The van der Waals surface area contributed by atoms with Gasteiger partial charge < -0.3 is 29.6 Å². The average molecular weight is 407 g/mol. The zero-order valence-electron chi connectivity index (χ0n) is 17.1. The van der Waals surface area contributed by atoms with Crippen molar-refractivity contribution in [3.8, 4) is 5.75 Å². The van der Waals surface area contributed by atoms with Crippen molar-refractivity contribution in [1.82, 2.24) is 5.32 Å². The van der Waals surface area contributed by atoms with Gasteiger partial charge in [0.2, 0.25) is 0 Å². The Bertz CT molecular complexity index is 791. The van der Waals surface area contributed by atoms with Gasteiger partial charge in [0.1, 0.15) is 11.8 Å². The number of amides is 1. The number of hydrogen-bond donors (Lipinski definition) is 3. The second kappa shape index (κ2) is 8.42. The van der Waals surface area contributed by atoms with Crippen LogP contribution in [0.15, 0.2) is 18.2 Å². The molecule has 1 heterocycles. The molecule has 0 unspecified atom stereocenters. The molecule has 1 aromatic rings. The number of ether oxygens (including phenoxy) is 1. The van der Waals surface area contributed by atoms with Crippen molar-refractivity contribution < 1.29 is 38.6 Å². The van der Waals surface area contributed by atoms with E-state index in [0.29, 0.717) is 5.46 Å². The highest BCUT2D eigenvalue weighted by Gasteiger charge is 2.51. The third-order valence-corrected chi connectivity index (χ3v) is 5.06. The van der Waals surface area contributed by atoms with Gasteiger partial charge in [0, 0.05) is 0 Å². The van der Waals surface area contributed by atoms with E-state index in [2.05, 4.69) is 5.32 Å². The molecule has 9 nitrogen and oxygen atoms in total. The lowest BCUT2D eigenvalue weighted by molar-refractivity contribution is -0.145. The highest BCUT2D eigenvalue weighted by atomic mass is 16.7. The molecule has 3 N–H and O–H groups in total. The molecular formula is C19H26BNO8. The predicted octanol–water partition coefficient (Wildman–Crippen LogP) is 1.04. The van der Waals surface area contributed by atoms with Crippen LogP contribution in [-0.2, 0) is 18.9 Å². The van der Waals surface area contributed by atoms with Crippen LogP contribution in [0.3, 0.4) is 0 Å². The van der Waals surface area contributed by atoms with E-state index in [0.717, 1.165) is 0 Å². The Balaban J connectivity index is 2.29. The Morgan fingerprint density at radius 2 is 1.72 bits per heavy atom. The van der Waals surface area contributed by atoms with Gasteiger partial charge in [-0.05, 0) is 52.2 Å². The summed E-state index contributed by atoms with van der Waals surface area (Å²) in [6, 6.07) is 3.15. The molecule has 1 amide bonds. The Morgan fingerprint density at radius 1 is 1.14 bits per heavy atom. The number of carboxylic acid groups (broad SMARTS) is 2. The zero-order valence-corrected chi connectivity index (χ0v) is 17.1. The lowest BCUT2D eigenvalue weighted by Gasteiger charge is -2.32. The van der Waals surface area contributed by atoms with Gasteiger partial charge in [-0.25, -0.2) is 4.79 Å². The minimum Gasteiger partial charge on any atom is -0.493 e. The summed E-state index contributed by atoms with van der Waals surface area (Å²) in [5, 5.41) is 20.2. The summed E-state index contributed by atoms with van der Waals surface area (Å²) in [4.78, 5) is 34.6. The molecule has 29 heavy (non-hydrogen) atoms. The van der Waals surface area contributed by atoms with E-state index in [1.165, 1.54) is 6.07 Å². The molecular weight excluding hydrogens is 381 g/mol. The fraction of sp³-hybridized carbons (Fsp3) is 0.526. The molecule has 0 radical (unpaired) electrons. The maximum absolute atomic E-state index is 12.6. The van der Waals surface area contributed by atoms with E-state index in [1.54, 1.807) is 19.1 Å². The van der Waals surface area contributed by atoms with Crippen molar-refractivity contribution >= 4 is 30.4 Å². The second-order valence-electron chi connectivity index (χ2n) is 7.74. The molecule has 10 heteroatoms. The van der Waals surface area contributed by atoms with Crippen LogP contribution >= 0.6 is 0 Å². The van der Waals surface area contributed by atoms with Crippen LogP contribution in [0, 0.1) is 0 Å². The lowest BCUT2D eigenvalue weighted by atomic mass is 9.78. The molecule has 0 aromatic heterocycles. The number of aliphatic carboxylic acids is 2. The number of nitrogens with one attached hydrogen (secondary N) is 1. The van der Waals surface area contributed by atoms with Crippen LogP contribution < -0.4 is 15.5 Å². The van der Waals surface area contributed by atoms with Gasteiger partial charge in [0.25, 0.3) is 5.91 Å². The van der Waals surface area contributed by atoms with Gasteiger partial charge in [-0.15, -0.1) is 0 Å². The van der Waals surface area contributed by atoms with E-state index in [4.69, 9.17) is 24.3 Å². The van der Waals surface area contributed by atoms with Crippen LogP contribution in [0.2, 0.25) is 0 Å². The first-order chi connectivity index (χ1) is 13.4. The monoisotopic (exact) mass is 407 g/mol. The highest BCUT2D eigenvalue weighted by Crippen LogP contribution is 2.36. The Hall–Kier alpha value is -2.59.